The summed E-state index contributed by atoms with van der Waals surface area (Å²) < 4.78 is 0. The molecular weight excluding hydrogens is 209 g/mol. The Morgan fingerprint density at radius 2 is 2.00 bits per heavy atom. The zero-order valence-corrected chi connectivity index (χ0v) is 8.15. The Labute approximate surface area is 84.9 Å². The van der Waals surface area contributed by atoms with Crippen LogP contribution >= 0.6 is 23.2 Å². The lowest BCUT2D eigenvalue weighted by molar-refractivity contribution is 0.958. The highest BCUT2D eigenvalue weighted by atomic mass is 35.5. The standard InChI is InChI=1S/C8H7Cl2N3/c9-4-1-6-7(2-5(4)10)13-8(3-11)12-6/h1-2H,3,11H2,(H,12,13). The first-order chi connectivity index (χ1) is 6.20. The molecule has 0 aliphatic rings. The maximum absolute atomic E-state index is 5.83. The van der Waals surface area contributed by atoms with Crippen molar-refractivity contribution in [2.24, 2.45) is 5.73 Å². The number of imidazole rings is 1. The van der Waals surface area contributed by atoms with Gasteiger partial charge in [0.1, 0.15) is 5.82 Å². The number of nitrogens with one attached hydrogen (secondary N) is 1. The van der Waals surface area contributed by atoms with E-state index in [4.69, 9.17) is 28.9 Å². The predicted octanol–water partition coefficient (Wildman–Crippen LogP) is 2.33. The highest BCUT2D eigenvalue weighted by Gasteiger charge is 2.04. The van der Waals surface area contributed by atoms with Gasteiger partial charge in [0.2, 0.25) is 0 Å². The van der Waals surface area contributed by atoms with E-state index in [9.17, 15) is 0 Å². The molecule has 0 radical (unpaired) electrons. The van der Waals surface area contributed by atoms with Gasteiger partial charge in [0.05, 0.1) is 27.6 Å². The Bertz CT molecular complexity index is 411. The van der Waals surface area contributed by atoms with Gasteiger partial charge in [0.15, 0.2) is 0 Å². The second kappa shape index (κ2) is 3.18. The Balaban J connectivity index is 2.70. The van der Waals surface area contributed by atoms with E-state index in [1.807, 2.05) is 0 Å². The number of rotatable bonds is 1. The molecule has 2 aromatic rings. The molecule has 0 aliphatic heterocycles. The zero-order chi connectivity index (χ0) is 9.42. The van der Waals surface area contributed by atoms with Crippen molar-refractivity contribution in [1.29, 1.82) is 0 Å². The molecule has 0 saturated heterocycles. The normalized spacial score (nSPS) is 11.0. The van der Waals surface area contributed by atoms with Crippen molar-refractivity contribution in [2.75, 3.05) is 0 Å². The number of H-pyrrole nitrogens is 1. The lowest BCUT2D eigenvalue weighted by Crippen LogP contribution is -1.97. The summed E-state index contributed by atoms with van der Waals surface area (Å²) in [5, 5.41) is 1.02. The molecule has 0 fully saturated rings. The first-order valence-corrected chi connectivity index (χ1v) is 4.50. The Kier molecular flexibility index (Phi) is 2.15. The zero-order valence-electron chi connectivity index (χ0n) is 6.64. The van der Waals surface area contributed by atoms with E-state index >= 15 is 0 Å². The van der Waals surface area contributed by atoms with Crippen molar-refractivity contribution in [3.05, 3.63) is 28.0 Å². The maximum atomic E-state index is 5.83. The molecule has 0 bridgehead atoms. The van der Waals surface area contributed by atoms with Crippen LogP contribution in [0.3, 0.4) is 0 Å². The van der Waals surface area contributed by atoms with Crippen LogP contribution < -0.4 is 5.73 Å². The van der Waals surface area contributed by atoms with Gasteiger partial charge >= 0.3 is 0 Å². The SMILES string of the molecule is NCc1nc2cc(Cl)c(Cl)cc2[nH]1. The third kappa shape index (κ3) is 1.50. The molecule has 1 aromatic carbocycles. The molecule has 3 nitrogen and oxygen atoms in total. The molecule has 0 atom stereocenters. The van der Waals surface area contributed by atoms with Crippen molar-refractivity contribution in [2.45, 2.75) is 6.54 Å². The molecule has 2 rings (SSSR count). The lowest BCUT2D eigenvalue weighted by atomic mass is 10.3. The molecule has 1 aromatic heterocycles. The van der Waals surface area contributed by atoms with Crippen LogP contribution in [-0.2, 0) is 6.54 Å². The van der Waals surface area contributed by atoms with Crippen LogP contribution in [-0.4, -0.2) is 9.97 Å². The van der Waals surface area contributed by atoms with Crippen molar-refractivity contribution in [3.63, 3.8) is 0 Å². The minimum absolute atomic E-state index is 0.379. The van der Waals surface area contributed by atoms with Crippen molar-refractivity contribution >= 4 is 34.2 Å². The van der Waals surface area contributed by atoms with Crippen LogP contribution in [0.15, 0.2) is 12.1 Å². The first kappa shape index (κ1) is 8.81. The van der Waals surface area contributed by atoms with Crippen LogP contribution in [0, 0.1) is 0 Å². The van der Waals surface area contributed by atoms with Gasteiger partial charge in [-0.2, -0.15) is 0 Å². The quantitative estimate of drug-likeness (QED) is 0.768. The summed E-state index contributed by atoms with van der Waals surface area (Å²) in [6.07, 6.45) is 0. The van der Waals surface area contributed by atoms with Crippen LogP contribution in [0.5, 0.6) is 0 Å². The molecule has 5 heteroatoms. The Morgan fingerprint density at radius 1 is 1.31 bits per heavy atom. The second-order valence-electron chi connectivity index (χ2n) is 2.67. The van der Waals surface area contributed by atoms with E-state index in [0.717, 1.165) is 16.9 Å². The summed E-state index contributed by atoms with van der Waals surface area (Å²) in [5.41, 5.74) is 7.07. The Hall–Kier alpha value is -0.770. The summed E-state index contributed by atoms with van der Waals surface area (Å²) in [6, 6.07) is 3.46. The van der Waals surface area contributed by atoms with E-state index in [2.05, 4.69) is 9.97 Å². The fourth-order valence-corrected chi connectivity index (χ4v) is 1.48. The van der Waals surface area contributed by atoms with Crippen LogP contribution in [0.25, 0.3) is 11.0 Å². The fraction of sp³-hybridized carbons (Fsp3) is 0.125. The van der Waals surface area contributed by atoms with Gasteiger partial charge in [0.25, 0.3) is 0 Å². The summed E-state index contributed by atoms with van der Waals surface area (Å²) in [6.45, 7) is 0.379. The molecule has 13 heavy (non-hydrogen) atoms. The molecule has 3 N–H and O–H groups in total. The summed E-state index contributed by atoms with van der Waals surface area (Å²) in [5.74, 6) is 0.730. The first-order valence-electron chi connectivity index (χ1n) is 3.74. The van der Waals surface area contributed by atoms with Crippen LogP contribution in [0.1, 0.15) is 5.82 Å². The number of benzene rings is 1. The second-order valence-corrected chi connectivity index (χ2v) is 3.49. The third-order valence-electron chi connectivity index (χ3n) is 1.77. The maximum Gasteiger partial charge on any atom is 0.121 e. The largest absolute Gasteiger partial charge is 0.341 e. The van der Waals surface area contributed by atoms with Crippen molar-refractivity contribution in [3.8, 4) is 0 Å². The molecule has 0 aliphatic carbocycles. The number of hydrogen-bond acceptors (Lipinski definition) is 2. The molecule has 68 valence electrons. The molecule has 0 unspecified atom stereocenters. The summed E-state index contributed by atoms with van der Waals surface area (Å²) in [7, 11) is 0. The molecular formula is C8H7Cl2N3. The minimum Gasteiger partial charge on any atom is -0.341 e. The van der Waals surface area contributed by atoms with E-state index in [1.165, 1.54) is 0 Å². The molecule has 1 heterocycles. The van der Waals surface area contributed by atoms with Crippen molar-refractivity contribution in [1.82, 2.24) is 9.97 Å². The van der Waals surface area contributed by atoms with E-state index < -0.39 is 0 Å². The van der Waals surface area contributed by atoms with Crippen LogP contribution in [0.4, 0.5) is 0 Å². The number of aromatic nitrogens is 2. The van der Waals surface area contributed by atoms with Gasteiger partial charge in [-0.25, -0.2) is 4.98 Å². The van der Waals surface area contributed by atoms with Gasteiger partial charge in [-0.15, -0.1) is 0 Å². The number of nitrogens with two attached hydrogens (primary N) is 1. The van der Waals surface area contributed by atoms with E-state index in [-0.39, 0.29) is 0 Å². The minimum atomic E-state index is 0.379. The predicted molar refractivity (Wildman–Crippen MR) is 54.0 cm³/mol. The average molecular weight is 216 g/mol. The van der Waals surface area contributed by atoms with E-state index in [0.29, 0.717) is 16.6 Å². The van der Waals surface area contributed by atoms with Crippen LogP contribution in [0.2, 0.25) is 10.0 Å². The van der Waals surface area contributed by atoms with Gasteiger partial charge < -0.3 is 10.7 Å². The van der Waals surface area contributed by atoms with E-state index in [1.54, 1.807) is 12.1 Å². The van der Waals surface area contributed by atoms with Gasteiger partial charge in [-0.05, 0) is 12.1 Å². The summed E-state index contributed by atoms with van der Waals surface area (Å²) >= 11 is 11.7. The van der Waals surface area contributed by atoms with Gasteiger partial charge in [-0.3, -0.25) is 0 Å². The number of fused-ring (bicyclic) bond motifs is 1. The topological polar surface area (TPSA) is 54.7 Å². The number of nitrogens with zero attached hydrogens (tertiary/aromatic N) is 1. The molecule has 0 amide bonds. The van der Waals surface area contributed by atoms with Gasteiger partial charge in [0, 0.05) is 0 Å². The summed E-state index contributed by atoms with van der Waals surface area (Å²) in [4.78, 5) is 7.24. The number of halogens is 2. The lowest BCUT2D eigenvalue weighted by Gasteiger charge is -1.93. The molecule has 0 saturated carbocycles. The fourth-order valence-electron chi connectivity index (χ4n) is 1.15. The number of aromatic amines is 1. The van der Waals surface area contributed by atoms with Crippen molar-refractivity contribution < 1.29 is 0 Å². The highest BCUT2D eigenvalue weighted by Crippen LogP contribution is 2.26. The number of hydrogen-bond donors (Lipinski definition) is 2. The Morgan fingerprint density at radius 3 is 2.69 bits per heavy atom. The highest BCUT2D eigenvalue weighted by molar-refractivity contribution is 6.42. The molecule has 0 spiro atoms. The van der Waals surface area contributed by atoms with Gasteiger partial charge in [-0.1, -0.05) is 23.2 Å². The monoisotopic (exact) mass is 215 g/mol. The third-order valence-corrected chi connectivity index (χ3v) is 2.49. The average Bonchev–Trinajstić information content (AvgIpc) is 2.48. The smallest absolute Gasteiger partial charge is 0.121 e.